The lowest BCUT2D eigenvalue weighted by Crippen LogP contribution is -2.41. The predicted octanol–water partition coefficient (Wildman–Crippen LogP) is 2.88. The first-order valence-corrected chi connectivity index (χ1v) is 9.45. The second-order valence-corrected chi connectivity index (χ2v) is 7.35. The third kappa shape index (κ3) is 4.93. The smallest absolute Gasteiger partial charge is 0.237 e. The number of likely N-dealkylation sites (tertiary alicyclic amines) is 1. The van der Waals surface area contributed by atoms with E-state index in [0.29, 0.717) is 19.0 Å². The first kappa shape index (κ1) is 18.6. The third-order valence-electron chi connectivity index (χ3n) is 5.17. The van der Waals surface area contributed by atoms with Gasteiger partial charge < -0.3 is 10.6 Å². The van der Waals surface area contributed by atoms with Gasteiger partial charge in [0.2, 0.25) is 5.91 Å². The van der Waals surface area contributed by atoms with Crippen LogP contribution < -0.4 is 5.73 Å². The summed E-state index contributed by atoms with van der Waals surface area (Å²) in [6.07, 6.45) is 1.01. The third-order valence-corrected chi connectivity index (χ3v) is 5.17. The molecule has 0 radical (unpaired) electrons. The van der Waals surface area contributed by atoms with Crippen molar-refractivity contribution in [3.8, 4) is 0 Å². The molecule has 1 heterocycles. The molecule has 1 aliphatic heterocycles. The Hall–Kier alpha value is -2.17. The summed E-state index contributed by atoms with van der Waals surface area (Å²) in [5.74, 6) is 0.644. The summed E-state index contributed by atoms with van der Waals surface area (Å²) >= 11 is 0. The van der Waals surface area contributed by atoms with Crippen molar-refractivity contribution in [1.29, 1.82) is 0 Å². The van der Waals surface area contributed by atoms with Crippen molar-refractivity contribution in [2.75, 3.05) is 19.6 Å². The highest BCUT2D eigenvalue weighted by molar-refractivity contribution is 5.79. The summed E-state index contributed by atoms with van der Waals surface area (Å²) in [5.41, 5.74) is 8.27. The Bertz CT molecular complexity index is 648. The lowest BCUT2D eigenvalue weighted by atomic mass is 10.1. The van der Waals surface area contributed by atoms with Crippen molar-refractivity contribution in [1.82, 2.24) is 9.80 Å². The standard InChI is InChI=1S/C22H29N3O/c1-18-12-21(13-23)16-25(18)22(26)17-24(14-19-8-4-2-5-9-19)15-20-10-6-3-7-11-20/h2-11,18,21H,12-17,23H2,1H3. The van der Waals surface area contributed by atoms with Gasteiger partial charge >= 0.3 is 0 Å². The van der Waals surface area contributed by atoms with Crippen LogP contribution in [0.4, 0.5) is 0 Å². The fraction of sp³-hybridized carbons (Fsp3) is 0.409. The van der Waals surface area contributed by atoms with E-state index in [1.807, 2.05) is 41.3 Å². The molecule has 2 unspecified atom stereocenters. The van der Waals surface area contributed by atoms with Gasteiger partial charge in [0.1, 0.15) is 0 Å². The molecular weight excluding hydrogens is 322 g/mol. The molecule has 2 aromatic carbocycles. The number of hydrogen-bond donors (Lipinski definition) is 1. The lowest BCUT2D eigenvalue weighted by molar-refractivity contribution is -0.133. The molecule has 4 nitrogen and oxygen atoms in total. The van der Waals surface area contributed by atoms with Gasteiger partial charge in [0.15, 0.2) is 0 Å². The van der Waals surface area contributed by atoms with Crippen LogP contribution in [0.1, 0.15) is 24.5 Å². The van der Waals surface area contributed by atoms with Crippen molar-refractivity contribution in [2.45, 2.75) is 32.5 Å². The molecule has 0 saturated carbocycles. The van der Waals surface area contributed by atoms with Crippen molar-refractivity contribution < 1.29 is 4.79 Å². The van der Waals surface area contributed by atoms with Crippen LogP contribution in [0.15, 0.2) is 60.7 Å². The number of benzene rings is 2. The van der Waals surface area contributed by atoms with E-state index in [1.165, 1.54) is 11.1 Å². The molecule has 2 atom stereocenters. The SMILES string of the molecule is CC1CC(CN)CN1C(=O)CN(Cc1ccccc1)Cc1ccccc1. The number of amides is 1. The zero-order chi connectivity index (χ0) is 18.4. The van der Waals surface area contributed by atoms with Gasteiger partial charge in [0, 0.05) is 25.7 Å². The molecule has 3 rings (SSSR count). The summed E-state index contributed by atoms with van der Waals surface area (Å²) in [6.45, 7) is 5.55. The quantitative estimate of drug-likeness (QED) is 0.834. The van der Waals surface area contributed by atoms with Gasteiger partial charge in [-0.05, 0) is 36.9 Å². The highest BCUT2D eigenvalue weighted by Gasteiger charge is 2.32. The highest BCUT2D eigenvalue weighted by atomic mass is 16.2. The first-order chi connectivity index (χ1) is 12.7. The van der Waals surface area contributed by atoms with Crippen LogP contribution in [-0.2, 0) is 17.9 Å². The summed E-state index contributed by atoms with van der Waals surface area (Å²) in [4.78, 5) is 17.2. The number of carbonyl (C=O) groups is 1. The van der Waals surface area contributed by atoms with Crippen molar-refractivity contribution in [3.05, 3.63) is 71.8 Å². The van der Waals surface area contributed by atoms with Gasteiger partial charge in [-0.15, -0.1) is 0 Å². The Labute approximate surface area is 156 Å². The molecule has 4 heteroatoms. The normalized spacial score (nSPS) is 19.9. The Kier molecular flexibility index (Phi) is 6.42. The number of nitrogens with two attached hydrogens (primary N) is 1. The maximum atomic E-state index is 13.0. The van der Waals surface area contributed by atoms with E-state index in [4.69, 9.17) is 5.73 Å². The monoisotopic (exact) mass is 351 g/mol. The summed E-state index contributed by atoms with van der Waals surface area (Å²) < 4.78 is 0. The van der Waals surface area contributed by atoms with Crippen molar-refractivity contribution in [3.63, 3.8) is 0 Å². The van der Waals surface area contributed by atoms with E-state index in [0.717, 1.165) is 26.1 Å². The fourth-order valence-electron chi connectivity index (χ4n) is 3.79. The van der Waals surface area contributed by atoms with Gasteiger partial charge in [0.25, 0.3) is 0 Å². The number of rotatable bonds is 7. The summed E-state index contributed by atoms with van der Waals surface area (Å²) in [6, 6.07) is 21.0. The molecule has 2 aromatic rings. The van der Waals surface area contributed by atoms with E-state index in [1.54, 1.807) is 0 Å². The van der Waals surface area contributed by atoms with Crippen molar-refractivity contribution >= 4 is 5.91 Å². The Morgan fingerprint density at radius 3 is 2.04 bits per heavy atom. The zero-order valence-electron chi connectivity index (χ0n) is 15.6. The largest absolute Gasteiger partial charge is 0.339 e. The van der Waals surface area contributed by atoms with Gasteiger partial charge in [-0.1, -0.05) is 60.7 Å². The molecular formula is C22H29N3O. The van der Waals surface area contributed by atoms with E-state index < -0.39 is 0 Å². The van der Waals surface area contributed by atoms with Gasteiger partial charge in [-0.3, -0.25) is 9.69 Å². The number of nitrogens with zero attached hydrogens (tertiary/aromatic N) is 2. The Balaban J connectivity index is 1.69. The first-order valence-electron chi connectivity index (χ1n) is 9.45. The van der Waals surface area contributed by atoms with E-state index in [9.17, 15) is 4.79 Å². The minimum atomic E-state index is 0.209. The van der Waals surface area contributed by atoms with Crippen LogP contribution >= 0.6 is 0 Å². The molecule has 0 bridgehead atoms. The highest BCUT2D eigenvalue weighted by Crippen LogP contribution is 2.22. The Morgan fingerprint density at radius 2 is 1.58 bits per heavy atom. The van der Waals surface area contributed by atoms with Crippen LogP contribution in [0.2, 0.25) is 0 Å². The van der Waals surface area contributed by atoms with E-state index in [-0.39, 0.29) is 11.9 Å². The summed E-state index contributed by atoms with van der Waals surface area (Å²) in [5, 5.41) is 0. The van der Waals surface area contributed by atoms with Crippen LogP contribution in [0.3, 0.4) is 0 Å². The molecule has 138 valence electrons. The predicted molar refractivity (Wildman–Crippen MR) is 105 cm³/mol. The Morgan fingerprint density at radius 1 is 1.04 bits per heavy atom. The topological polar surface area (TPSA) is 49.6 Å². The minimum Gasteiger partial charge on any atom is -0.339 e. The van der Waals surface area contributed by atoms with Gasteiger partial charge in [-0.25, -0.2) is 0 Å². The van der Waals surface area contributed by atoms with Crippen molar-refractivity contribution in [2.24, 2.45) is 11.7 Å². The molecule has 1 fully saturated rings. The second-order valence-electron chi connectivity index (χ2n) is 7.35. The number of carbonyl (C=O) groups excluding carboxylic acids is 1. The van der Waals surface area contributed by atoms with Crippen LogP contribution in [0.5, 0.6) is 0 Å². The minimum absolute atomic E-state index is 0.209. The molecule has 0 aliphatic carbocycles. The lowest BCUT2D eigenvalue weighted by Gasteiger charge is -2.27. The molecule has 1 amide bonds. The fourth-order valence-corrected chi connectivity index (χ4v) is 3.79. The average Bonchev–Trinajstić information content (AvgIpc) is 3.04. The molecule has 1 aliphatic rings. The van der Waals surface area contributed by atoms with E-state index in [2.05, 4.69) is 36.1 Å². The van der Waals surface area contributed by atoms with Crippen LogP contribution in [0.25, 0.3) is 0 Å². The van der Waals surface area contributed by atoms with Gasteiger partial charge in [0.05, 0.1) is 6.54 Å². The maximum Gasteiger partial charge on any atom is 0.237 e. The molecule has 26 heavy (non-hydrogen) atoms. The van der Waals surface area contributed by atoms with Gasteiger partial charge in [-0.2, -0.15) is 0 Å². The van der Waals surface area contributed by atoms with Crippen LogP contribution in [0, 0.1) is 5.92 Å². The zero-order valence-corrected chi connectivity index (χ0v) is 15.6. The number of hydrogen-bond acceptors (Lipinski definition) is 3. The molecule has 0 spiro atoms. The second kappa shape index (κ2) is 8.97. The molecule has 2 N–H and O–H groups in total. The average molecular weight is 351 g/mol. The molecule has 0 aromatic heterocycles. The summed E-state index contributed by atoms with van der Waals surface area (Å²) in [7, 11) is 0. The maximum absolute atomic E-state index is 13.0. The van der Waals surface area contributed by atoms with Crippen LogP contribution in [-0.4, -0.2) is 41.4 Å². The molecule has 1 saturated heterocycles. The van der Waals surface area contributed by atoms with E-state index >= 15 is 0 Å².